The summed E-state index contributed by atoms with van der Waals surface area (Å²) in [4.78, 5) is 20.5. The van der Waals surface area contributed by atoms with Gasteiger partial charge in [0.05, 0.1) is 10.4 Å². The van der Waals surface area contributed by atoms with Gasteiger partial charge in [0.25, 0.3) is 5.69 Å². The number of hydrogen-bond acceptors (Lipinski definition) is 3. The van der Waals surface area contributed by atoms with Crippen molar-refractivity contribution in [2.75, 3.05) is 0 Å². The monoisotopic (exact) mass is 218 g/mol. The molecule has 0 atom stereocenters. The van der Waals surface area contributed by atoms with Crippen molar-refractivity contribution in [2.45, 2.75) is 13.0 Å². The summed E-state index contributed by atoms with van der Waals surface area (Å²) < 4.78 is 1.84. The normalized spacial score (nSPS) is 10.5. The zero-order valence-corrected chi connectivity index (χ0v) is 8.50. The Hall–Kier alpha value is -2.17. The fraction of sp³-hybridized carbons (Fsp3) is 0.182. The first-order valence-electron chi connectivity index (χ1n) is 4.89. The lowest BCUT2D eigenvalue weighted by atomic mass is 10.2. The second-order valence-corrected chi connectivity index (χ2v) is 3.46. The Labute approximate surface area is 91.4 Å². The van der Waals surface area contributed by atoms with Gasteiger partial charge >= 0.3 is 0 Å². The highest BCUT2D eigenvalue weighted by Crippen LogP contribution is 2.21. The Morgan fingerprint density at radius 3 is 2.88 bits per heavy atom. The van der Waals surface area contributed by atoms with Crippen LogP contribution in [0.3, 0.4) is 0 Å². The summed E-state index contributed by atoms with van der Waals surface area (Å²) in [5.41, 5.74) is 0.856. The van der Waals surface area contributed by atoms with Crippen LogP contribution < -0.4 is 0 Å². The van der Waals surface area contributed by atoms with Crippen molar-refractivity contribution in [1.29, 1.82) is 0 Å². The van der Waals surface area contributed by atoms with E-state index in [1.807, 2.05) is 16.8 Å². The molecular weight excluding hydrogens is 208 g/mol. The third kappa shape index (κ3) is 1.79. The topological polar surface area (TPSA) is 65.1 Å². The summed E-state index contributed by atoms with van der Waals surface area (Å²) in [5, 5.41) is 11.6. The number of nitro benzene ring substituents is 1. The molecule has 1 heterocycles. The molecule has 1 aromatic heterocycles. The molecule has 0 unspecified atom stereocenters. The van der Waals surface area contributed by atoms with Gasteiger partial charge in [-0.1, -0.05) is 0 Å². The van der Waals surface area contributed by atoms with Crippen molar-refractivity contribution in [3.63, 3.8) is 0 Å². The van der Waals surface area contributed by atoms with Crippen molar-refractivity contribution in [3.8, 4) is 0 Å². The number of nitrogens with zero attached hydrogens (tertiary/aromatic N) is 2. The Morgan fingerprint density at radius 1 is 1.38 bits per heavy atom. The summed E-state index contributed by atoms with van der Waals surface area (Å²) >= 11 is 0. The SMILES string of the molecule is O=CCCn1ccc2ccc([N+](=O)[O-])cc21. The second kappa shape index (κ2) is 4.14. The quantitative estimate of drug-likeness (QED) is 0.448. The molecule has 0 spiro atoms. The Balaban J connectivity index is 2.46. The largest absolute Gasteiger partial charge is 0.347 e. The number of benzene rings is 1. The van der Waals surface area contributed by atoms with Crippen LogP contribution in [0.5, 0.6) is 0 Å². The van der Waals surface area contributed by atoms with E-state index in [1.54, 1.807) is 6.07 Å². The standard InChI is InChI=1S/C11H10N2O3/c14-7-1-5-12-6-4-9-2-3-10(13(15)16)8-11(9)12/h2-4,6-8H,1,5H2. The number of fused-ring (bicyclic) bond motifs is 1. The van der Waals surface area contributed by atoms with E-state index >= 15 is 0 Å². The Kier molecular flexibility index (Phi) is 2.68. The molecule has 0 radical (unpaired) electrons. The van der Waals surface area contributed by atoms with Crippen LogP contribution in [0.2, 0.25) is 0 Å². The summed E-state index contributed by atoms with van der Waals surface area (Å²) in [6, 6.07) is 6.60. The third-order valence-electron chi connectivity index (χ3n) is 2.46. The van der Waals surface area contributed by atoms with Gasteiger partial charge in [-0.2, -0.15) is 0 Å². The minimum absolute atomic E-state index is 0.0681. The van der Waals surface area contributed by atoms with Gasteiger partial charge in [-0.15, -0.1) is 0 Å². The van der Waals surface area contributed by atoms with E-state index in [2.05, 4.69) is 0 Å². The maximum Gasteiger partial charge on any atom is 0.271 e. The van der Waals surface area contributed by atoms with Crippen LogP contribution in [0, 0.1) is 10.1 Å². The van der Waals surface area contributed by atoms with Gasteiger partial charge in [0, 0.05) is 36.7 Å². The molecule has 0 N–H and O–H groups in total. The van der Waals surface area contributed by atoms with Gasteiger partial charge in [-0.3, -0.25) is 10.1 Å². The van der Waals surface area contributed by atoms with Crippen molar-refractivity contribution in [1.82, 2.24) is 4.57 Å². The number of rotatable bonds is 4. The maximum atomic E-state index is 10.6. The second-order valence-electron chi connectivity index (χ2n) is 3.46. The van der Waals surface area contributed by atoms with Crippen LogP contribution in [-0.2, 0) is 11.3 Å². The molecule has 0 saturated heterocycles. The molecule has 0 bridgehead atoms. The van der Waals surface area contributed by atoms with Crippen molar-refractivity contribution >= 4 is 22.9 Å². The van der Waals surface area contributed by atoms with Crippen LogP contribution >= 0.6 is 0 Å². The predicted molar refractivity (Wildman–Crippen MR) is 59.3 cm³/mol. The summed E-state index contributed by atoms with van der Waals surface area (Å²) in [7, 11) is 0. The lowest BCUT2D eigenvalue weighted by Gasteiger charge is -2.01. The number of aldehydes is 1. The Bertz CT molecular complexity index is 545. The number of hydrogen-bond donors (Lipinski definition) is 0. The number of nitro groups is 1. The average Bonchev–Trinajstić information content (AvgIpc) is 2.68. The van der Waals surface area contributed by atoms with Crippen LogP contribution in [0.4, 0.5) is 5.69 Å². The zero-order chi connectivity index (χ0) is 11.5. The van der Waals surface area contributed by atoms with Gasteiger partial charge in [-0.05, 0) is 12.1 Å². The third-order valence-corrected chi connectivity index (χ3v) is 2.46. The van der Waals surface area contributed by atoms with Crippen LogP contribution in [0.15, 0.2) is 30.5 Å². The molecule has 0 amide bonds. The molecule has 1 aromatic carbocycles. The molecule has 0 aliphatic carbocycles. The highest BCUT2D eigenvalue weighted by atomic mass is 16.6. The van der Waals surface area contributed by atoms with Crippen molar-refractivity contribution in [3.05, 3.63) is 40.6 Å². The van der Waals surface area contributed by atoms with Crippen molar-refractivity contribution < 1.29 is 9.72 Å². The first kappa shape index (κ1) is 10.4. The average molecular weight is 218 g/mol. The fourth-order valence-electron chi connectivity index (χ4n) is 1.67. The molecular formula is C11H10N2O3. The number of non-ortho nitro benzene ring substituents is 1. The fourth-order valence-corrected chi connectivity index (χ4v) is 1.67. The molecule has 2 rings (SSSR count). The van der Waals surface area contributed by atoms with E-state index < -0.39 is 4.92 Å². The van der Waals surface area contributed by atoms with E-state index in [-0.39, 0.29) is 5.69 Å². The van der Waals surface area contributed by atoms with E-state index in [4.69, 9.17) is 0 Å². The molecule has 0 saturated carbocycles. The highest BCUT2D eigenvalue weighted by Gasteiger charge is 2.08. The van der Waals surface area contributed by atoms with Gasteiger partial charge in [-0.25, -0.2) is 0 Å². The molecule has 0 aliphatic heterocycles. The van der Waals surface area contributed by atoms with Crippen LogP contribution in [0.25, 0.3) is 10.9 Å². The Morgan fingerprint density at radius 2 is 2.19 bits per heavy atom. The zero-order valence-electron chi connectivity index (χ0n) is 8.50. The van der Waals surface area contributed by atoms with Crippen molar-refractivity contribution in [2.24, 2.45) is 0 Å². The number of aryl methyl sites for hydroxylation is 1. The van der Waals surface area contributed by atoms with E-state index in [0.717, 1.165) is 17.2 Å². The summed E-state index contributed by atoms with van der Waals surface area (Å²) in [6.07, 6.45) is 3.08. The van der Waals surface area contributed by atoms with E-state index in [1.165, 1.54) is 12.1 Å². The minimum atomic E-state index is -0.420. The molecule has 2 aromatic rings. The van der Waals surface area contributed by atoms with E-state index in [0.29, 0.717) is 13.0 Å². The highest BCUT2D eigenvalue weighted by molar-refractivity contribution is 5.82. The smallest absolute Gasteiger partial charge is 0.271 e. The maximum absolute atomic E-state index is 10.6. The first-order valence-corrected chi connectivity index (χ1v) is 4.89. The summed E-state index contributed by atoms with van der Waals surface area (Å²) in [5.74, 6) is 0. The first-order chi connectivity index (χ1) is 7.72. The van der Waals surface area contributed by atoms with Gasteiger partial charge in [0.1, 0.15) is 6.29 Å². The minimum Gasteiger partial charge on any atom is -0.347 e. The molecule has 5 nitrogen and oxygen atoms in total. The summed E-state index contributed by atoms with van der Waals surface area (Å²) in [6.45, 7) is 0.550. The number of carbonyl (C=O) groups is 1. The van der Waals surface area contributed by atoms with Crippen LogP contribution in [-0.4, -0.2) is 15.8 Å². The van der Waals surface area contributed by atoms with Gasteiger partial charge in [0.15, 0.2) is 0 Å². The molecule has 16 heavy (non-hydrogen) atoms. The lowest BCUT2D eigenvalue weighted by molar-refractivity contribution is -0.384. The lowest BCUT2D eigenvalue weighted by Crippen LogP contribution is -1.96. The van der Waals surface area contributed by atoms with Gasteiger partial charge in [0.2, 0.25) is 0 Å². The number of carbonyl (C=O) groups excluding carboxylic acids is 1. The molecule has 0 aliphatic rings. The number of aromatic nitrogens is 1. The molecule has 82 valence electrons. The predicted octanol–water partition coefficient (Wildman–Crippen LogP) is 2.14. The molecule has 5 heteroatoms. The van der Waals surface area contributed by atoms with Gasteiger partial charge < -0.3 is 9.36 Å². The molecule has 0 fully saturated rings. The van der Waals surface area contributed by atoms with E-state index in [9.17, 15) is 14.9 Å². The van der Waals surface area contributed by atoms with Crippen LogP contribution in [0.1, 0.15) is 6.42 Å².